The quantitative estimate of drug-likeness (QED) is 0.842. The van der Waals surface area contributed by atoms with E-state index in [1.165, 1.54) is 31.3 Å². The summed E-state index contributed by atoms with van der Waals surface area (Å²) in [6.45, 7) is -0.156. The van der Waals surface area contributed by atoms with E-state index in [0.29, 0.717) is 12.0 Å². The van der Waals surface area contributed by atoms with E-state index in [0.717, 1.165) is 4.31 Å². The molecule has 0 aliphatic carbocycles. The molecule has 20 heavy (non-hydrogen) atoms. The molecule has 0 bridgehead atoms. The molecule has 8 heteroatoms. The second-order valence-electron chi connectivity index (χ2n) is 4.88. The molecule has 1 heterocycles. The summed E-state index contributed by atoms with van der Waals surface area (Å²) in [7, 11) is -5.44. The third-order valence-electron chi connectivity index (χ3n) is 3.51. The summed E-state index contributed by atoms with van der Waals surface area (Å²) in [4.78, 5) is 0.0986. The van der Waals surface area contributed by atoms with Crippen molar-refractivity contribution in [2.75, 3.05) is 18.6 Å². The molecule has 0 saturated carbocycles. The molecule has 1 fully saturated rings. The van der Waals surface area contributed by atoms with Gasteiger partial charge in [0.2, 0.25) is 10.0 Å². The highest BCUT2D eigenvalue weighted by atomic mass is 32.2. The number of aliphatic hydroxyl groups is 1. The summed E-state index contributed by atoms with van der Waals surface area (Å²) >= 11 is 0. The molecule has 1 aromatic rings. The molecule has 1 atom stereocenters. The second-order valence-corrected chi connectivity index (χ2v) is 9.11. The molecular formula is C12H17NO5S2. The van der Waals surface area contributed by atoms with Crippen molar-refractivity contribution in [2.24, 2.45) is 0 Å². The van der Waals surface area contributed by atoms with Gasteiger partial charge in [-0.2, -0.15) is 4.31 Å². The van der Waals surface area contributed by atoms with Crippen molar-refractivity contribution in [1.29, 1.82) is 0 Å². The lowest BCUT2D eigenvalue weighted by Crippen LogP contribution is -2.37. The molecular weight excluding hydrogens is 302 g/mol. The Labute approximate surface area is 119 Å². The smallest absolute Gasteiger partial charge is 0.243 e. The lowest BCUT2D eigenvalue weighted by Gasteiger charge is -2.22. The first-order chi connectivity index (χ1) is 9.26. The van der Waals surface area contributed by atoms with Crippen LogP contribution >= 0.6 is 0 Å². The maximum atomic E-state index is 12.4. The fourth-order valence-electron chi connectivity index (χ4n) is 2.19. The SMILES string of the molecule is CN(C1CCS(=O)(=O)C1)S(=O)(=O)c1ccc(CO)cc1. The summed E-state index contributed by atoms with van der Waals surface area (Å²) in [5, 5.41) is 8.94. The van der Waals surface area contributed by atoms with Gasteiger partial charge in [0.1, 0.15) is 0 Å². The van der Waals surface area contributed by atoms with E-state index in [4.69, 9.17) is 5.11 Å². The second kappa shape index (κ2) is 5.44. The van der Waals surface area contributed by atoms with Gasteiger partial charge in [-0.15, -0.1) is 0 Å². The molecule has 1 aliphatic rings. The topological polar surface area (TPSA) is 91.8 Å². The van der Waals surface area contributed by atoms with E-state index in [1.54, 1.807) is 0 Å². The number of rotatable bonds is 4. The van der Waals surface area contributed by atoms with Crippen molar-refractivity contribution < 1.29 is 21.9 Å². The average molecular weight is 319 g/mol. The highest BCUT2D eigenvalue weighted by Gasteiger charge is 2.36. The molecule has 1 aromatic carbocycles. The van der Waals surface area contributed by atoms with E-state index < -0.39 is 25.9 Å². The monoisotopic (exact) mass is 319 g/mol. The molecule has 0 amide bonds. The van der Waals surface area contributed by atoms with Crippen LogP contribution in [-0.4, -0.2) is 50.8 Å². The number of hydrogen-bond acceptors (Lipinski definition) is 5. The number of aliphatic hydroxyl groups excluding tert-OH is 1. The molecule has 1 N–H and O–H groups in total. The first kappa shape index (κ1) is 15.4. The van der Waals surface area contributed by atoms with Crippen LogP contribution in [0.15, 0.2) is 29.2 Å². The van der Waals surface area contributed by atoms with Crippen LogP contribution in [0.25, 0.3) is 0 Å². The van der Waals surface area contributed by atoms with Crippen molar-refractivity contribution in [3.63, 3.8) is 0 Å². The molecule has 0 spiro atoms. The van der Waals surface area contributed by atoms with E-state index in [2.05, 4.69) is 0 Å². The Morgan fingerprint density at radius 1 is 1.30 bits per heavy atom. The Kier molecular flexibility index (Phi) is 4.19. The van der Waals surface area contributed by atoms with Crippen LogP contribution in [-0.2, 0) is 26.5 Å². The number of hydrogen-bond donors (Lipinski definition) is 1. The summed E-state index contributed by atoms with van der Waals surface area (Å²) in [6, 6.07) is 5.39. The Morgan fingerprint density at radius 2 is 1.90 bits per heavy atom. The van der Waals surface area contributed by atoms with Gasteiger partial charge in [0.15, 0.2) is 9.84 Å². The zero-order valence-electron chi connectivity index (χ0n) is 11.1. The summed E-state index contributed by atoms with van der Waals surface area (Å²) < 4.78 is 48.8. The Hall–Kier alpha value is -0.960. The zero-order valence-corrected chi connectivity index (χ0v) is 12.7. The van der Waals surface area contributed by atoms with Gasteiger partial charge < -0.3 is 5.11 Å². The third kappa shape index (κ3) is 3.03. The van der Waals surface area contributed by atoms with Gasteiger partial charge in [0, 0.05) is 13.1 Å². The fourth-order valence-corrected chi connectivity index (χ4v) is 5.45. The van der Waals surface area contributed by atoms with Gasteiger partial charge in [-0.25, -0.2) is 16.8 Å². The van der Waals surface area contributed by atoms with Gasteiger partial charge in [0.05, 0.1) is 23.0 Å². The van der Waals surface area contributed by atoms with Crippen LogP contribution in [0.2, 0.25) is 0 Å². The number of benzene rings is 1. The zero-order chi connectivity index (χ0) is 15.0. The van der Waals surface area contributed by atoms with E-state index in [1.807, 2.05) is 0 Å². The summed E-state index contributed by atoms with van der Waals surface area (Å²) in [5.74, 6) is -0.0988. The van der Waals surface area contributed by atoms with Crippen LogP contribution in [0.3, 0.4) is 0 Å². The van der Waals surface area contributed by atoms with Crippen molar-refractivity contribution in [3.05, 3.63) is 29.8 Å². The Bertz CT molecular complexity index is 679. The molecule has 6 nitrogen and oxygen atoms in total. The highest BCUT2D eigenvalue weighted by molar-refractivity contribution is 7.92. The maximum Gasteiger partial charge on any atom is 0.243 e. The van der Waals surface area contributed by atoms with Gasteiger partial charge in [-0.1, -0.05) is 12.1 Å². The largest absolute Gasteiger partial charge is 0.392 e. The molecule has 112 valence electrons. The maximum absolute atomic E-state index is 12.4. The van der Waals surface area contributed by atoms with Crippen molar-refractivity contribution in [2.45, 2.75) is 24.0 Å². The molecule has 0 aromatic heterocycles. The van der Waals surface area contributed by atoms with Crippen LogP contribution in [0.1, 0.15) is 12.0 Å². The van der Waals surface area contributed by atoms with Gasteiger partial charge >= 0.3 is 0 Å². The van der Waals surface area contributed by atoms with Crippen molar-refractivity contribution in [1.82, 2.24) is 4.31 Å². The standard InChI is InChI=1S/C12H17NO5S2/c1-13(11-6-7-19(15,16)9-11)20(17,18)12-4-2-10(8-14)3-5-12/h2-5,11,14H,6-9H2,1H3. The fraction of sp³-hybridized carbons (Fsp3) is 0.500. The van der Waals surface area contributed by atoms with Gasteiger partial charge in [0.25, 0.3) is 0 Å². The molecule has 0 radical (unpaired) electrons. The van der Waals surface area contributed by atoms with Gasteiger partial charge in [-0.3, -0.25) is 0 Å². The predicted octanol–water partition coefficient (Wildman–Crippen LogP) is -0.0135. The molecule has 1 saturated heterocycles. The minimum atomic E-state index is -3.71. The van der Waals surface area contributed by atoms with Crippen LogP contribution in [0.4, 0.5) is 0 Å². The summed E-state index contributed by atoms with van der Waals surface area (Å²) in [6.07, 6.45) is 0.326. The molecule has 2 rings (SSSR count). The number of sulfone groups is 1. The van der Waals surface area contributed by atoms with Crippen LogP contribution < -0.4 is 0 Å². The number of sulfonamides is 1. The predicted molar refractivity (Wildman–Crippen MR) is 74.4 cm³/mol. The average Bonchev–Trinajstić information content (AvgIpc) is 2.78. The minimum Gasteiger partial charge on any atom is -0.392 e. The highest BCUT2D eigenvalue weighted by Crippen LogP contribution is 2.23. The van der Waals surface area contributed by atoms with Crippen molar-refractivity contribution >= 4 is 19.9 Å². The van der Waals surface area contributed by atoms with E-state index in [9.17, 15) is 16.8 Å². The Balaban J connectivity index is 2.25. The summed E-state index contributed by atoms with van der Waals surface area (Å²) in [5.41, 5.74) is 0.620. The van der Waals surface area contributed by atoms with Crippen molar-refractivity contribution in [3.8, 4) is 0 Å². The molecule has 1 unspecified atom stereocenters. The Morgan fingerprint density at radius 3 is 2.35 bits per heavy atom. The minimum absolute atomic E-state index is 0.0287. The van der Waals surface area contributed by atoms with Gasteiger partial charge in [-0.05, 0) is 24.1 Å². The van der Waals surface area contributed by atoms with E-state index >= 15 is 0 Å². The van der Waals surface area contributed by atoms with Crippen LogP contribution in [0, 0.1) is 0 Å². The first-order valence-corrected chi connectivity index (χ1v) is 9.41. The number of nitrogens with zero attached hydrogens (tertiary/aromatic N) is 1. The first-order valence-electron chi connectivity index (χ1n) is 6.14. The molecule has 1 aliphatic heterocycles. The normalized spacial score (nSPS) is 22.2. The van der Waals surface area contributed by atoms with E-state index in [-0.39, 0.29) is 23.0 Å². The van der Waals surface area contributed by atoms with Crippen LogP contribution in [0.5, 0.6) is 0 Å². The lowest BCUT2D eigenvalue weighted by molar-refractivity contribution is 0.281. The third-order valence-corrected chi connectivity index (χ3v) is 7.18. The lowest BCUT2D eigenvalue weighted by atomic mass is 10.2.